The third-order valence-corrected chi connectivity index (χ3v) is 3.95. The molecule has 128 valence electrons. The number of ether oxygens (including phenoxy) is 2. The number of hydrogen-bond donors (Lipinski definition) is 0. The van der Waals surface area contributed by atoms with Crippen molar-refractivity contribution in [2.24, 2.45) is 0 Å². The minimum absolute atomic E-state index is 0.0387. The van der Waals surface area contributed by atoms with E-state index in [0.29, 0.717) is 31.2 Å². The summed E-state index contributed by atoms with van der Waals surface area (Å²) >= 11 is 0. The molecule has 0 radical (unpaired) electrons. The lowest BCUT2D eigenvalue weighted by molar-refractivity contribution is -0.0592. The Bertz CT molecular complexity index is 699. The lowest BCUT2D eigenvalue weighted by atomic mass is 10.2. The van der Waals surface area contributed by atoms with Gasteiger partial charge in [0.2, 0.25) is 0 Å². The van der Waals surface area contributed by atoms with Crippen molar-refractivity contribution in [3.63, 3.8) is 0 Å². The largest absolute Gasteiger partial charge is 0.486 e. The molecule has 0 saturated carbocycles. The molecule has 2 aromatic rings. The van der Waals surface area contributed by atoms with Gasteiger partial charge in [-0.15, -0.1) is 0 Å². The lowest BCUT2D eigenvalue weighted by Crippen LogP contribution is -2.48. The fourth-order valence-electron chi connectivity index (χ4n) is 2.93. The van der Waals surface area contributed by atoms with Crippen LogP contribution in [0.25, 0.3) is 0 Å². The van der Waals surface area contributed by atoms with E-state index in [0.717, 1.165) is 11.3 Å². The molecule has 1 aromatic carbocycles. The highest BCUT2D eigenvalue weighted by Gasteiger charge is 2.28. The topological polar surface area (TPSA) is 51.9 Å². The first-order valence-electron chi connectivity index (χ1n) is 8.24. The summed E-state index contributed by atoms with van der Waals surface area (Å²) in [6.07, 6.45) is 0.0774. The Morgan fingerprint density at radius 2 is 1.96 bits per heavy atom. The lowest BCUT2D eigenvalue weighted by Gasteiger charge is -2.34. The maximum atomic E-state index is 12.6. The van der Waals surface area contributed by atoms with Gasteiger partial charge in [-0.2, -0.15) is 0 Å². The first-order chi connectivity index (χ1) is 11.5. The molecule has 0 bridgehead atoms. The highest BCUT2D eigenvalue weighted by Crippen LogP contribution is 2.18. The zero-order valence-electron chi connectivity index (χ0n) is 14.3. The molecule has 2 heterocycles. The molecule has 0 N–H and O–H groups in total. The minimum atomic E-state index is -0.0983. The van der Waals surface area contributed by atoms with E-state index in [1.807, 2.05) is 45.0 Å². The Morgan fingerprint density at radius 3 is 2.67 bits per heavy atom. The fourth-order valence-corrected chi connectivity index (χ4v) is 2.93. The quantitative estimate of drug-likeness (QED) is 0.862. The van der Waals surface area contributed by atoms with E-state index in [-0.39, 0.29) is 18.1 Å². The SMILES string of the molecule is Cc1cccc(OCc2ccc(C(=O)N3C[C@H](C)O[C@@H](C)C3)o2)c1. The summed E-state index contributed by atoms with van der Waals surface area (Å²) in [5, 5.41) is 0. The van der Waals surface area contributed by atoms with Gasteiger partial charge in [-0.1, -0.05) is 12.1 Å². The molecule has 5 heteroatoms. The van der Waals surface area contributed by atoms with Gasteiger partial charge in [0.05, 0.1) is 12.2 Å². The van der Waals surface area contributed by atoms with Crippen LogP contribution in [0.2, 0.25) is 0 Å². The number of carbonyl (C=O) groups excluding carboxylic acids is 1. The summed E-state index contributed by atoms with van der Waals surface area (Å²) < 4.78 is 17.0. The van der Waals surface area contributed by atoms with Gasteiger partial charge in [0.15, 0.2) is 5.76 Å². The molecule has 1 aliphatic heterocycles. The Kier molecular flexibility index (Phi) is 4.90. The van der Waals surface area contributed by atoms with Crippen LogP contribution in [0.4, 0.5) is 0 Å². The zero-order valence-corrected chi connectivity index (χ0v) is 14.3. The van der Waals surface area contributed by atoms with Crippen LogP contribution < -0.4 is 4.74 Å². The van der Waals surface area contributed by atoms with Crippen LogP contribution in [0, 0.1) is 6.92 Å². The molecular weight excluding hydrogens is 306 g/mol. The normalized spacial score (nSPS) is 20.9. The third kappa shape index (κ3) is 3.97. The molecule has 1 aliphatic rings. The molecule has 0 aliphatic carbocycles. The summed E-state index contributed by atoms with van der Waals surface area (Å²) in [4.78, 5) is 14.3. The summed E-state index contributed by atoms with van der Waals surface area (Å²) in [5.74, 6) is 1.67. The van der Waals surface area contributed by atoms with Crippen molar-refractivity contribution in [3.05, 3.63) is 53.5 Å². The maximum Gasteiger partial charge on any atom is 0.289 e. The zero-order chi connectivity index (χ0) is 17.1. The van der Waals surface area contributed by atoms with Crippen molar-refractivity contribution in [2.45, 2.75) is 39.6 Å². The first-order valence-corrected chi connectivity index (χ1v) is 8.24. The highest BCUT2D eigenvalue weighted by molar-refractivity contribution is 5.91. The molecule has 1 fully saturated rings. The molecule has 1 aromatic heterocycles. The van der Waals surface area contributed by atoms with Gasteiger partial charge < -0.3 is 18.8 Å². The average molecular weight is 329 g/mol. The number of aryl methyl sites for hydroxylation is 1. The predicted molar refractivity (Wildman–Crippen MR) is 90.1 cm³/mol. The predicted octanol–water partition coefficient (Wildman–Crippen LogP) is 3.42. The van der Waals surface area contributed by atoms with Crippen LogP contribution >= 0.6 is 0 Å². The van der Waals surface area contributed by atoms with E-state index < -0.39 is 0 Å². The Hall–Kier alpha value is -2.27. The monoisotopic (exact) mass is 329 g/mol. The van der Waals surface area contributed by atoms with E-state index in [9.17, 15) is 4.79 Å². The van der Waals surface area contributed by atoms with Crippen molar-refractivity contribution in [3.8, 4) is 5.75 Å². The number of furan rings is 1. The van der Waals surface area contributed by atoms with Crippen molar-refractivity contribution in [1.29, 1.82) is 0 Å². The maximum absolute atomic E-state index is 12.6. The summed E-state index contributed by atoms with van der Waals surface area (Å²) in [7, 11) is 0. The Labute approximate surface area is 142 Å². The summed E-state index contributed by atoms with van der Waals surface area (Å²) in [6, 6.07) is 11.3. The van der Waals surface area contributed by atoms with Crippen LogP contribution in [0.1, 0.15) is 35.7 Å². The highest BCUT2D eigenvalue weighted by atomic mass is 16.5. The van der Waals surface area contributed by atoms with E-state index >= 15 is 0 Å². The van der Waals surface area contributed by atoms with E-state index in [1.165, 1.54) is 0 Å². The van der Waals surface area contributed by atoms with Gasteiger partial charge in [0.25, 0.3) is 5.91 Å². The average Bonchev–Trinajstić information content (AvgIpc) is 3.00. The molecule has 24 heavy (non-hydrogen) atoms. The van der Waals surface area contributed by atoms with Gasteiger partial charge in [0.1, 0.15) is 18.1 Å². The van der Waals surface area contributed by atoms with Crippen LogP contribution in [-0.4, -0.2) is 36.1 Å². The van der Waals surface area contributed by atoms with Crippen molar-refractivity contribution in [1.82, 2.24) is 4.90 Å². The number of benzene rings is 1. The number of morpholine rings is 1. The van der Waals surface area contributed by atoms with E-state index in [4.69, 9.17) is 13.9 Å². The molecule has 0 unspecified atom stereocenters. The molecule has 2 atom stereocenters. The van der Waals surface area contributed by atoms with E-state index in [1.54, 1.807) is 17.0 Å². The number of hydrogen-bond acceptors (Lipinski definition) is 4. The van der Waals surface area contributed by atoms with Gasteiger partial charge in [-0.05, 0) is 50.6 Å². The number of nitrogens with zero attached hydrogens (tertiary/aromatic N) is 1. The number of rotatable bonds is 4. The summed E-state index contributed by atoms with van der Waals surface area (Å²) in [5.41, 5.74) is 1.14. The molecule has 3 rings (SSSR count). The smallest absolute Gasteiger partial charge is 0.289 e. The number of carbonyl (C=O) groups is 1. The summed E-state index contributed by atoms with van der Waals surface area (Å²) in [6.45, 7) is 7.42. The second-order valence-corrected chi connectivity index (χ2v) is 6.34. The third-order valence-electron chi connectivity index (χ3n) is 3.95. The fraction of sp³-hybridized carbons (Fsp3) is 0.421. The van der Waals surface area contributed by atoms with Gasteiger partial charge >= 0.3 is 0 Å². The minimum Gasteiger partial charge on any atom is -0.486 e. The van der Waals surface area contributed by atoms with Crippen LogP contribution in [-0.2, 0) is 11.3 Å². The van der Waals surface area contributed by atoms with Crippen molar-refractivity contribution < 1.29 is 18.7 Å². The van der Waals surface area contributed by atoms with Crippen LogP contribution in [0.15, 0.2) is 40.8 Å². The van der Waals surface area contributed by atoms with Crippen LogP contribution in [0.3, 0.4) is 0 Å². The first kappa shape index (κ1) is 16.6. The van der Waals surface area contributed by atoms with E-state index in [2.05, 4.69) is 0 Å². The van der Waals surface area contributed by atoms with Crippen molar-refractivity contribution in [2.75, 3.05) is 13.1 Å². The van der Waals surface area contributed by atoms with Crippen molar-refractivity contribution >= 4 is 5.91 Å². The molecule has 1 amide bonds. The second-order valence-electron chi connectivity index (χ2n) is 6.34. The second kappa shape index (κ2) is 7.09. The Morgan fingerprint density at radius 1 is 1.21 bits per heavy atom. The molecular formula is C19H23NO4. The van der Waals surface area contributed by atoms with Crippen LogP contribution in [0.5, 0.6) is 5.75 Å². The van der Waals surface area contributed by atoms with Gasteiger partial charge in [-0.25, -0.2) is 0 Å². The standard InChI is InChI=1S/C19H23NO4/c1-13-5-4-6-16(9-13)22-12-17-7-8-18(24-17)19(21)20-10-14(2)23-15(3)11-20/h4-9,14-15H,10-12H2,1-3H3/t14-,15-/m0/s1. The molecule has 1 saturated heterocycles. The van der Waals surface area contributed by atoms with Gasteiger partial charge in [-0.3, -0.25) is 4.79 Å². The molecule has 5 nitrogen and oxygen atoms in total. The number of amides is 1. The Balaban J connectivity index is 1.61. The van der Waals surface area contributed by atoms with Gasteiger partial charge in [0, 0.05) is 13.1 Å². The molecule has 0 spiro atoms.